The molecule has 1 aliphatic heterocycles. The van der Waals surface area contributed by atoms with Crippen molar-refractivity contribution in [2.75, 3.05) is 13.7 Å². The summed E-state index contributed by atoms with van der Waals surface area (Å²) in [5, 5.41) is 2.87. The normalized spacial score (nSPS) is 20.8. The maximum atomic E-state index is 12.0. The Balaban J connectivity index is 2.23. The molecule has 0 aromatic heterocycles. The van der Waals surface area contributed by atoms with Gasteiger partial charge in [0.2, 0.25) is 0 Å². The molecule has 1 fully saturated rings. The number of ether oxygens (including phenoxy) is 2. The molecule has 0 aliphatic carbocycles. The van der Waals surface area contributed by atoms with Gasteiger partial charge in [-0.15, -0.1) is 0 Å². The Bertz CT molecular complexity index is 474. The molecule has 0 saturated carbocycles. The van der Waals surface area contributed by atoms with E-state index in [1.807, 2.05) is 19.1 Å². The van der Waals surface area contributed by atoms with E-state index in [-0.39, 0.29) is 11.9 Å². The number of carbonyl (C=O) groups excluding carboxylic acids is 1. The molecule has 3 N–H and O–H groups in total. The number of hydrogen-bond acceptors (Lipinski definition) is 4. The van der Waals surface area contributed by atoms with E-state index in [0.717, 1.165) is 31.4 Å². The van der Waals surface area contributed by atoms with Gasteiger partial charge in [0.05, 0.1) is 7.11 Å². The molecular weight excluding hydrogens is 256 g/mol. The van der Waals surface area contributed by atoms with Crippen LogP contribution in [0.15, 0.2) is 18.2 Å². The number of carbonyl (C=O) groups is 1. The van der Waals surface area contributed by atoms with Crippen LogP contribution in [0.5, 0.6) is 11.5 Å². The summed E-state index contributed by atoms with van der Waals surface area (Å²) in [7, 11) is 1.60. The highest BCUT2D eigenvalue weighted by atomic mass is 16.5. The Morgan fingerprint density at radius 2 is 2.20 bits per heavy atom. The Morgan fingerprint density at radius 1 is 1.40 bits per heavy atom. The number of amides is 1. The van der Waals surface area contributed by atoms with Crippen LogP contribution in [0.1, 0.15) is 37.8 Å². The predicted octanol–water partition coefficient (Wildman–Crippen LogP) is 1.76. The van der Waals surface area contributed by atoms with E-state index in [9.17, 15) is 4.79 Å². The van der Waals surface area contributed by atoms with Gasteiger partial charge in [-0.2, -0.15) is 0 Å². The highest BCUT2D eigenvalue weighted by molar-refractivity contribution is 5.81. The van der Waals surface area contributed by atoms with Gasteiger partial charge in [0.15, 0.2) is 6.10 Å². The van der Waals surface area contributed by atoms with Crippen LogP contribution in [-0.4, -0.2) is 25.7 Å². The van der Waals surface area contributed by atoms with Gasteiger partial charge >= 0.3 is 0 Å². The topological polar surface area (TPSA) is 73.6 Å². The fourth-order valence-electron chi connectivity index (χ4n) is 2.30. The van der Waals surface area contributed by atoms with Crippen molar-refractivity contribution in [2.24, 2.45) is 5.73 Å². The number of methoxy groups -OCH3 is 1. The number of benzene rings is 1. The Kier molecular flexibility index (Phi) is 4.84. The summed E-state index contributed by atoms with van der Waals surface area (Å²) < 4.78 is 11.1. The van der Waals surface area contributed by atoms with Crippen LogP contribution in [0.25, 0.3) is 0 Å². The summed E-state index contributed by atoms with van der Waals surface area (Å²) >= 11 is 0. The second-order valence-corrected chi connectivity index (χ2v) is 5.09. The summed E-state index contributed by atoms with van der Waals surface area (Å²) in [6.45, 7) is 2.61. The third kappa shape index (κ3) is 3.42. The largest absolute Gasteiger partial charge is 0.497 e. The zero-order valence-corrected chi connectivity index (χ0v) is 12.0. The minimum atomic E-state index is -0.456. The molecule has 1 aromatic rings. The zero-order valence-electron chi connectivity index (χ0n) is 12.0. The van der Waals surface area contributed by atoms with Crippen molar-refractivity contribution < 1.29 is 14.3 Å². The minimum absolute atomic E-state index is 0.0547. The van der Waals surface area contributed by atoms with Crippen LogP contribution in [0.3, 0.4) is 0 Å². The van der Waals surface area contributed by atoms with Crippen LogP contribution in [-0.2, 0) is 4.79 Å². The molecule has 0 bridgehead atoms. The molecule has 1 aromatic carbocycles. The number of rotatable bonds is 4. The molecule has 2 rings (SSSR count). The lowest BCUT2D eigenvalue weighted by Crippen LogP contribution is -2.36. The zero-order chi connectivity index (χ0) is 14.5. The molecule has 0 radical (unpaired) electrons. The van der Waals surface area contributed by atoms with Crippen LogP contribution in [0.4, 0.5) is 0 Å². The summed E-state index contributed by atoms with van der Waals surface area (Å²) in [6, 6.07) is 5.35. The molecule has 20 heavy (non-hydrogen) atoms. The van der Waals surface area contributed by atoms with Crippen molar-refractivity contribution in [1.82, 2.24) is 5.32 Å². The summed E-state index contributed by atoms with van der Waals surface area (Å²) in [4.78, 5) is 12.0. The quantitative estimate of drug-likeness (QED) is 0.880. The molecule has 5 nitrogen and oxygen atoms in total. The Labute approximate surface area is 119 Å². The third-order valence-electron chi connectivity index (χ3n) is 3.47. The van der Waals surface area contributed by atoms with Gasteiger partial charge in [-0.25, -0.2) is 0 Å². The van der Waals surface area contributed by atoms with Gasteiger partial charge in [-0.05, 0) is 32.3 Å². The summed E-state index contributed by atoms with van der Waals surface area (Å²) in [5.41, 5.74) is 6.83. The fourth-order valence-corrected chi connectivity index (χ4v) is 2.30. The number of nitrogens with two attached hydrogens (primary N) is 1. The summed E-state index contributed by atoms with van der Waals surface area (Å²) in [5.74, 6) is 1.26. The molecule has 110 valence electrons. The molecular formula is C15H22N2O3. The van der Waals surface area contributed by atoms with E-state index < -0.39 is 6.10 Å². The van der Waals surface area contributed by atoms with E-state index in [4.69, 9.17) is 15.2 Å². The third-order valence-corrected chi connectivity index (χ3v) is 3.47. The van der Waals surface area contributed by atoms with E-state index in [2.05, 4.69) is 5.32 Å². The first-order chi connectivity index (χ1) is 9.61. The van der Waals surface area contributed by atoms with Crippen molar-refractivity contribution in [3.8, 4) is 11.5 Å². The fraction of sp³-hybridized carbons (Fsp3) is 0.533. The van der Waals surface area contributed by atoms with E-state index >= 15 is 0 Å². The molecule has 2 unspecified atom stereocenters. The highest BCUT2D eigenvalue weighted by Crippen LogP contribution is 2.30. The molecule has 1 amide bonds. The molecule has 0 spiro atoms. The smallest absolute Gasteiger partial charge is 0.261 e. The molecule has 5 heteroatoms. The average molecular weight is 278 g/mol. The van der Waals surface area contributed by atoms with Crippen molar-refractivity contribution in [2.45, 2.75) is 38.3 Å². The van der Waals surface area contributed by atoms with Gasteiger partial charge in [0.25, 0.3) is 5.91 Å². The van der Waals surface area contributed by atoms with Crippen LogP contribution >= 0.6 is 0 Å². The van der Waals surface area contributed by atoms with E-state index in [0.29, 0.717) is 11.5 Å². The lowest BCUT2D eigenvalue weighted by atomic mass is 10.1. The maximum absolute atomic E-state index is 12.0. The number of nitrogens with one attached hydrogen (secondary N) is 1. The second-order valence-electron chi connectivity index (χ2n) is 5.09. The highest BCUT2D eigenvalue weighted by Gasteiger charge is 2.24. The van der Waals surface area contributed by atoms with Gasteiger partial charge in [0, 0.05) is 24.2 Å². The molecule has 1 heterocycles. The molecule has 1 saturated heterocycles. The molecule has 1 aliphatic rings. The SMILES string of the molecule is COc1ccc(C(C)N)c(OC2CCCCNC2=O)c1. The lowest BCUT2D eigenvalue weighted by Gasteiger charge is -2.20. The van der Waals surface area contributed by atoms with E-state index in [1.54, 1.807) is 13.2 Å². The van der Waals surface area contributed by atoms with Gasteiger partial charge in [0.1, 0.15) is 11.5 Å². The van der Waals surface area contributed by atoms with Crippen molar-refractivity contribution in [1.29, 1.82) is 0 Å². The summed E-state index contributed by atoms with van der Waals surface area (Å²) in [6.07, 6.45) is 2.23. The lowest BCUT2D eigenvalue weighted by molar-refractivity contribution is -0.127. The molecule has 2 atom stereocenters. The van der Waals surface area contributed by atoms with Crippen LogP contribution < -0.4 is 20.5 Å². The first-order valence-electron chi connectivity index (χ1n) is 6.99. The Morgan fingerprint density at radius 3 is 2.90 bits per heavy atom. The Hall–Kier alpha value is -1.75. The average Bonchev–Trinajstić information content (AvgIpc) is 2.64. The van der Waals surface area contributed by atoms with Gasteiger partial charge in [-0.1, -0.05) is 6.07 Å². The second kappa shape index (κ2) is 6.61. The van der Waals surface area contributed by atoms with Crippen molar-refractivity contribution in [3.63, 3.8) is 0 Å². The van der Waals surface area contributed by atoms with Gasteiger partial charge in [-0.3, -0.25) is 4.79 Å². The standard InChI is InChI=1S/C15H22N2O3/c1-10(16)12-7-6-11(19-2)9-14(12)20-13-5-3-4-8-17-15(13)18/h6-7,9-10,13H,3-5,8,16H2,1-2H3,(H,17,18). The van der Waals surface area contributed by atoms with Crippen LogP contribution in [0.2, 0.25) is 0 Å². The van der Waals surface area contributed by atoms with Gasteiger partial charge < -0.3 is 20.5 Å². The van der Waals surface area contributed by atoms with Crippen molar-refractivity contribution in [3.05, 3.63) is 23.8 Å². The van der Waals surface area contributed by atoms with E-state index in [1.165, 1.54) is 0 Å². The van der Waals surface area contributed by atoms with Crippen molar-refractivity contribution >= 4 is 5.91 Å². The van der Waals surface area contributed by atoms with Crippen LogP contribution in [0, 0.1) is 0 Å². The first kappa shape index (κ1) is 14.7. The predicted molar refractivity (Wildman–Crippen MR) is 76.9 cm³/mol. The maximum Gasteiger partial charge on any atom is 0.261 e. The first-order valence-corrected chi connectivity index (χ1v) is 6.99. The minimum Gasteiger partial charge on any atom is -0.497 e. The monoisotopic (exact) mass is 278 g/mol. The number of hydrogen-bond donors (Lipinski definition) is 2.